The lowest BCUT2D eigenvalue weighted by atomic mass is 10.0. The summed E-state index contributed by atoms with van der Waals surface area (Å²) in [5.41, 5.74) is 2.25. The van der Waals surface area contributed by atoms with Gasteiger partial charge in [-0.3, -0.25) is 4.79 Å². The Morgan fingerprint density at radius 2 is 2.04 bits per heavy atom. The van der Waals surface area contributed by atoms with Crippen molar-refractivity contribution in [2.45, 2.75) is 33.2 Å². The van der Waals surface area contributed by atoms with Crippen molar-refractivity contribution in [3.05, 3.63) is 58.1 Å². The molecule has 0 atom stereocenters. The first-order chi connectivity index (χ1) is 10.9. The van der Waals surface area contributed by atoms with Gasteiger partial charge in [-0.15, -0.1) is 0 Å². The van der Waals surface area contributed by atoms with Crippen molar-refractivity contribution in [2.75, 3.05) is 0 Å². The van der Waals surface area contributed by atoms with E-state index in [4.69, 9.17) is 11.6 Å². The van der Waals surface area contributed by atoms with Crippen molar-refractivity contribution in [1.82, 2.24) is 9.78 Å². The van der Waals surface area contributed by atoms with E-state index >= 15 is 0 Å². The minimum Gasteiger partial charge on any atom is -0.294 e. The second kappa shape index (κ2) is 5.93. The Bertz CT molecular complexity index is 773. The summed E-state index contributed by atoms with van der Waals surface area (Å²) in [5.74, 6) is -0.133. The Morgan fingerprint density at radius 3 is 2.65 bits per heavy atom. The monoisotopic (exact) mass is 332 g/mol. The molecule has 0 aliphatic heterocycles. The fraction of sp³-hybridized carbons (Fsp3) is 0.333. The number of rotatable bonds is 5. The Labute approximate surface area is 139 Å². The summed E-state index contributed by atoms with van der Waals surface area (Å²) in [4.78, 5) is 12.1. The second-order valence-corrected chi connectivity index (χ2v) is 6.69. The van der Waals surface area contributed by atoms with Gasteiger partial charge in [-0.05, 0) is 49.6 Å². The quantitative estimate of drug-likeness (QED) is 0.760. The van der Waals surface area contributed by atoms with Gasteiger partial charge in [-0.1, -0.05) is 30.7 Å². The van der Waals surface area contributed by atoms with Crippen LogP contribution in [0.25, 0.3) is 6.08 Å². The van der Waals surface area contributed by atoms with Crippen LogP contribution in [0.5, 0.6) is 0 Å². The van der Waals surface area contributed by atoms with Crippen LogP contribution < -0.4 is 0 Å². The summed E-state index contributed by atoms with van der Waals surface area (Å²) in [5, 5.41) is 4.90. The van der Waals surface area contributed by atoms with Gasteiger partial charge in [0.2, 0.25) is 0 Å². The van der Waals surface area contributed by atoms with Crippen LogP contribution in [0.3, 0.4) is 0 Å². The molecular formula is C18H18ClFN2O. The normalized spacial score (nSPS) is 16.0. The Kier molecular flexibility index (Phi) is 4.11. The van der Waals surface area contributed by atoms with Crippen molar-refractivity contribution in [3.8, 4) is 0 Å². The first-order valence-electron chi connectivity index (χ1n) is 7.59. The molecule has 0 amide bonds. The molecule has 23 heavy (non-hydrogen) atoms. The van der Waals surface area contributed by atoms with Crippen LogP contribution >= 0.6 is 11.6 Å². The lowest BCUT2D eigenvalue weighted by molar-refractivity contribution is -0.118. The largest absolute Gasteiger partial charge is 0.294 e. The van der Waals surface area contributed by atoms with Gasteiger partial charge in [0.25, 0.3) is 0 Å². The van der Waals surface area contributed by atoms with Gasteiger partial charge in [0.15, 0.2) is 5.78 Å². The van der Waals surface area contributed by atoms with Gasteiger partial charge >= 0.3 is 0 Å². The lowest BCUT2D eigenvalue weighted by Crippen LogP contribution is -2.07. The molecule has 120 valence electrons. The van der Waals surface area contributed by atoms with Crippen LogP contribution in [0.4, 0.5) is 4.39 Å². The number of benzene rings is 1. The van der Waals surface area contributed by atoms with Gasteiger partial charge in [0, 0.05) is 11.0 Å². The van der Waals surface area contributed by atoms with Crippen molar-refractivity contribution in [1.29, 1.82) is 0 Å². The molecule has 5 heteroatoms. The summed E-state index contributed by atoms with van der Waals surface area (Å²) in [6.45, 7) is 4.29. The number of ketones is 1. The van der Waals surface area contributed by atoms with Crippen molar-refractivity contribution in [3.63, 3.8) is 0 Å². The van der Waals surface area contributed by atoms with Gasteiger partial charge in [0.1, 0.15) is 11.0 Å². The van der Waals surface area contributed by atoms with E-state index in [9.17, 15) is 9.18 Å². The molecule has 0 radical (unpaired) electrons. The molecule has 1 saturated carbocycles. The zero-order chi connectivity index (χ0) is 16.6. The Balaban J connectivity index is 1.80. The van der Waals surface area contributed by atoms with Crippen LogP contribution in [0.2, 0.25) is 5.15 Å². The van der Waals surface area contributed by atoms with E-state index in [1.54, 1.807) is 29.0 Å². The van der Waals surface area contributed by atoms with E-state index in [1.165, 1.54) is 12.1 Å². The summed E-state index contributed by atoms with van der Waals surface area (Å²) in [6.07, 6.45) is 5.25. The van der Waals surface area contributed by atoms with E-state index in [-0.39, 0.29) is 17.0 Å². The number of carbonyl (C=O) groups excluding carboxylic acids is 1. The highest BCUT2D eigenvalue weighted by Gasteiger charge is 2.43. The van der Waals surface area contributed by atoms with Crippen molar-refractivity contribution >= 4 is 23.5 Å². The third-order valence-electron chi connectivity index (χ3n) is 4.35. The average Bonchev–Trinajstić information content (AvgIpc) is 3.21. The Morgan fingerprint density at radius 1 is 1.39 bits per heavy atom. The number of nitrogens with zero attached hydrogens (tertiary/aromatic N) is 2. The number of aromatic nitrogens is 2. The van der Waals surface area contributed by atoms with Crippen LogP contribution in [0.1, 0.15) is 36.6 Å². The zero-order valence-electron chi connectivity index (χ0n) is 13.1. The maximum Gasteiger partial charge on any atom is 0.161 e. The number of hydrogen-bond acceptors (Lipinski definition) is 2. The summed E-state index contributed by atoms with van der Waals surface area (Å²) >= 11 is 6.39. The fourth-order valence-corrected chi connectivity index (χ4v) is 2.72. The molecule has 0 unspecified atom stereocenters. The smallest absolute Gasteiger partial charge is 0.161 e. The molecule has 0 saturated heterocycles. The molecule has 1 aromatic heterocycles. The third-order valence-corrected chi connectivity index (χ3v) is 4.75. The predicted octanol–water partition coefficient (Wildman–Crippen LogP) is 4.41. The first-order valence-corrected chi connectivity index (χ1v) is 7.97. The van der Waals surface area contributed by atoms with E-state index < -0.39 is 0 Å². The molecule has 1 aromatic carbocycles. The molecule has 1 fully saturated rings. The van der Waals surface area contributed by atoms with Crippen LogP contribution in [0, 0.1) is 18.2 Å². The SMILES string of the molecule is Cc1nn(Cc2ccc(F)cc2)c(Cl)c1/C=C/C(=O)C1(C)CC1. The fourth-order valence-electron chi connectivity index (χ4n) is 2.42. The van der Waals surface area contributed by atoms with Gasteiger partial charge in [0.05, 0.1) is 12.2 Å². The maximum absolute atomic E-state index is 13.0. The number of hydrogen-bond donors (Lipinski definition) is 0. The molecular weight excluding hydrogens is 315 g/mol. The van der Waals surface area contributed by atoms with Gasteiger partial charge in [-0.2, -0.15) is 5.10 Å². The minimum atomic E-state index is -0.271. The van der Waals surface area contributed by atoms with Gasteiger partial charge < -0.3 is 0 Å². The minimum absolute atomic E-state index is 0.138. The number of allylic oxidation sites excluding steroid dienone is 1. The molecule has 3 rings (SSSR count). The average molecular weight is 333 g/mol. The lowest BCUT2D eigenvalue weighted by Gasteiger charge is -2.04. The summed E-state index contributed by atoms with van der Waals surface area (Å²) in [7, 11) is 0. The third kappa shape index (κ3) is 3.37. The van der Waals surface area contributed by atoms with E-state index in [0.717, 1.165) is 29.7 Å². The molecule has 1 heterocycles. The highest BCUT2D eigenvalue weighted by molar-refractivity contribution is 6.31. The number of aryl methyl sites for hydroxylation is 1. The summed E-state index contributed by atoms with van der Waals surface area (Å²) in [6, 6.07) is 6.23. The Hall–Kier alpha value is -1.94. The zero-order valence-corrected chi connectivity index (χ0v) is 13.9. The predicted molar refractivity (Wildman–Crippen MR) is 88.9 cm³/mol. The van der Waals surface area contributed by atoms with Crippen molar-refractivity contribution < 1.29 is 9.18 Å². The topological polar surface area (TPSA) is 34.9 Å². The van der Waals surface area contributed by atoms with Gasteiger partial charge in [-0.25, -0.2) is 9.07 Å². The molecule has 0 spiro atoms. The van der Waals surface area contributed by atoms with E-state index in [1.807, 2.05) is 13.8 Å². The van der Waals surface area contributed by atoms with Crippen LogP contribution in [-0.4, -0.2) is 15.6 Å². The first kappa shape index (κ1) is 15.9. The van der Waals surface area contributed by atoms with Crippen LogP contribution in [-0.2, 0) is 11.3 Å². The van der Waals surface area contributed by atoms with Crippen molar-refractivity contribution in [2.24, 2.45) is 5.41 Å². The second-order valence-electron chi connectivity index (χ2n) is 6.33. The highest BCUT2D eigenvalue weighted by Crippen LogP contribution is 2.46. The molecule has 2 aromatic rings. The standard InChI is InChI=1S/C18H18ClFN2O/c1-12-15(7-8-16(23)18(2)9-10-18)17(19)22(21-12)11-13-3-5-14(20)6-4-13/h3-8H,9-11H2,1-2H3/b8-7+. The molecule has 3 nitrogen and oxygen atoms in total. The molecule has 0 N–H and O–H groups in total. The summed E-state index contributed by atoms with van der Waals surface area (Å²) < 4.78 is 14.6. The molecule has 1 aliphatic carbocycles. The highest BCUT2D eigenvalue weighted by atomic mass is 35.5. The van der Waals surface area contributed by atoms with E-state index in [2.05, 4.69) is 5.10 Å². The van der Waals surface area contributed by atoms with Crippen LogP contribution in [0.15, 0.2) is 30.3 Å². The number of halogens is 2. The number of carbonyl (C=O) groups is 1. The molecule has 1 aliphatic rings. The maximum atomic E-state index is 13.0. The van der Waals surface area contributed by atoms with E-state index in [0.29, 0.717) is 11.7 Å². The molecule has 0 bridgehead atoms.